The van der Waals surface area contributed by atoms with Crippen molar-refractivity contribution in [3.63, 3.8) is 0 Å². The average molecular weight is 479 g/mol. The van der Waals surface area contributed by atoms with E-state index in [2.05, 4.69) is 6.92 Å². The number of ether oxygens (including phenoxy) is 2. The van der Waals surface area contributed by atoms with Crippen LogP contribution >= 0.6 is 0 Å². The Morgan fingerprint density at radius 1 is 0.765 bits per heavy atom. The molecule has 0 radical (unpaired) electrons. The van der Waals surface area contributed by atoms with E-state index < -0.39 is 29.1 Å². The summed E-state index contributed by atoms with van der Waals surface area (Å²) in [7, 11) is 0. The number of halogens is 5. The van der Waals surface area contributed by atoms with Crippen molar-refractivity contribution in [3.05, 3.63) is 65.0 Å². The molecule has 2 fully saturated rings. The minimum atomic E-state index is -1.65. The van der Waals surface area contributed by atoms with E-state index in [1.54, 1.807) is 0 Å². The molecule has 34 heavy (non-hydrogen) atoms. The highest BCUT2D eigenvalue weighted by atomic mass is 19.2. The Kier molecular flexibility index (Phi) is 6.51. The molecule has 0 bridgehead atoms. The Balaban J connectivity index is 1.26. The first-order valence-electron chi connectivity index (χ1n) is 11.9. The van der Waals surface area contributed by atoms with Gasteiger partial charge in [-0.3, -0.25) is 0 Å². The van der Waals surface area contributed by atoms with Gasteiger partial charge in [-0.25, -0.2) is 22.0 Å². The summed E-state index contributed by atoms with van der Waals surface area (Å²) in [6.07, 6.45) is 5.97. The molecule has 1 saturated heterocycles. The van der Waals surface area contributed by atoms with Gasteiger partial charge < -0.3 is 9.47 Å². The molecule has 2 nitrogen and oxygen atoms in total. The molecule has 2 aromatic rings. The standard InChI is InChI=1S/C27H27F5O2/c1-14-8-17(9-14)19-12-33-27(34-13-19)16-4-2-15(3-5-16)20-6-7-21(25(31)24(20)30)18-10-22(28)26(32)23(29)11-18/h2,6-7,10-11,14,16-17,19,27H,3-5,8-9,12-13H2,1H3. The van der Waals surface area contributed by atoms with Crippen molar-refractivity contribution in [1.82, 2.24) is 0 Å². The molecule has 0 spiro atoms. The second-order valence-electron chi connectivity index (χ2n) is 9.94. The van der Waals surface area contributed by atoms with Gasteiger partial charge in [0.1, 0.15) is 0 Å². The third-order valence-electron chi connectivity index (χ3n) is 7.59. The molecule has 0 N–H and O–H groups in total. The zero-order chi connectivity index (χ0) is 24.0. The number of rotatable bonds is 4. The van der Waals surface area contributed by atoms with Gasteiger partial charge in [-0.1, -0.05) is 25.1 Å². The molecular formula is C27H27F5O2. The predicted octanol–water partition coefficient (Wildman–Crippen LogP) is 7.27. The molecule has 7 heteroatoms. The van der Waals surface area contributed by atoms with Crippen LogP contribution in [0.5, 0.6) is 0 Å². The molecule has 182 valence electrons. The summed E-state index contributed by atoms with van der Waals surface area (Å²) in [6, 6.07) is 3.97. The lowest BCUT2D eigenvalue weighted by atomic mass is 9.69. The minimum Gasteiger partial charge on any atom is -0.352 e. The van der Waals surface area contributed by atoms with Gasteiger partial charge in [0.2, 0.25) is 0 Å². The smallest absolute Gasteiger partial charge is 0.194 e. The largest absolute Gasteiger partial charge is 0.352 e. The molecule has 2 aromatic carbocycles. The zero-order valence-corrected chi connectivity index (χ0v) is 18.9. The predicted molar refractivity (Wildman–Crippen MR) is 118 cm³/mol. The number of allylic oxidation sites excluding steroid dienone is 2. The van der Waals surface area contributed by atoms with E-state index >= 15 is 0 Å². The lowest BCUT2D eigenvalue weighted by Gasteiger charge is -2.43. The highest BCUT2D eigenvalue weighted by Gasteiger charge is 2.38. The molecular weight excluding hydrogens is 451 g/mol. The van der Waals surface area contributed by atoms with Gasteiger partial charge >= 0.3 is 0 Å². The fourth-order valence-electron chi connectivity index (χ4n) is 5.50. The maximum atomic E-state index is 14.9. The third-order valence-corrected chi connectivity index (χ3v) is 7.59. The summed E-state index contributed by atoms with van der Waals surface area (Å²) in [5.74, 6) is -4.78. The average Bonchev–Trinajstić information content (AvgIpc) is 2.82. The Labute approximate surface area is 195 Å². The van der Waals surface area contributed by atoms with E-state index in [-0.39, 0.29) is 28.9 Å². The summed E-state index contributed by atoms with van der Waals surface area (Å²) < 4.78 is 82.1. The van der Waals surface area contributed by atoms with E-state index in [0.29, 0.717) is 55.6 Å². The van der Waals surface area contributed by atoms with Crippen LogP contribution in [0.1, 0.15) is 44.6 Å². The minimum absolute atomic E-state index is 0.118. The second kappa shape index (κ2) is 9.42. The zero-order valence-electron chi connectivity index (χ0n) is 18.9. The fraction of sp³-hybridized carbons (Fsp3) is 0.481. The number of hydrogen-bond acceptors (Lipinski definition) is 2. The van der Waals surface area contributed by atoms with Crippen LogP contribution in [-0.4, -0.2) is 19.5 Å². The highest BCUT2D eigenvalue weighted by Crippen LogP contribution is 2.42. The van der Waals surface area contributed by atoms with Crippen LogP contribution < -0.4 is 0 Å². The molecule has 1 saturated carbocycles. The van der Waals surface area contributed by atoms with Crippen molar-refractivity contribution in [2.45, 2.75) is 45.3 Å². The maximum Gasteiger partial charge on any atom is 0.194 e. The Bertz CT molecular complexity index is 1080. The SMILES string of the molecule is CC1CC(C2COC(C3CC=C(c4ccc(-c5cc(F)c(F)c(F)c5)c(F)c4F)CC3)OC2)C1. The van der Waals surface area contributed by atoms with Crippen molar-refractivity contribution in [2.75, 3.05) is 13.2 Å². The molecule has 1 heterocycles. The Hall–Kier alpha value is -2.25. The number of benzene rings is 2. The lowest BCUT2D eigenvalue weighted by molar-refractivity contribution is -0.236. The first-order chi connectivity index (χ1) is 16.3. The van der Waals surface area contributed by atoms with Gasteiger partial charge in [-0.05, 0) is 67.2 Å². The van der Waals surface area contributed by atoms with Crippen LogP contribution in [0.2, 0.25) is 0 Å². The van der Waals surface area contributed by atoms with Crippen LogP contribution in [0.4, 0.5) is 22.0 Å². The van der Waals surface area contributed by atoms with Crippen molar-refractivity contribution >= 4 is 5.57 Å². The summed E-state index contributed by atoms with van der Waals surface area (Å²) in [6.45, 7) is 3.68. The van der Waals surface area contributed by atoms with Gasteiger partial charge in [0.15, 0.2) is 35.4 Å². The monoisotopic (exact) mass is 478 g/mol. The van der Waals surface area contributed by atoms with Crippen molar-refractivity contribution in [2.24, 2.45) is 23.7 Å². The van der Waals surface area contributed by atoms with Gasteiger partial charge in [0.05, 0.1) is 13.2 Å². The fourth-order valence-corrected chi connectivity index (χ4v) is 5.50. The molecule has 1 aliphatic heterocycles. The molecule has 3 aliphatic rings. The summed E-state index contributed by atoms with van der Waals surface area (Å²) in [4.78, 5) is 0. The normalized spacial score (nSPS) is 29.5. The van der Waals surface area contributed by atoms with E-state index in [1.165, 1.54) is 25.0 Å². The summed E-state index contributed by atoms with van der Waals surface area (Å²) in [5, 5.41) is 0. The van der Waals surface area contributed by atoms with Crippen molar-refractivity contribution < 1.29 is 31.4 Å². The molecule has 1 atom stereocenters. The van der Waals surface area contributed by atoms with Crippen molar-refractivity contribution in [1.29, 1.82) is 0 Å². The first kappa shape index (κ1) is 23.5. The van der Waals surface area contributed by atoms with Crippen LogP contribution in [0.15, 0.2) is 30.3 Å². The third kappa shape index (κ3) is 4.40. The topological polar surface area (TPSA) is 18.5 Å². The molecule has 1 unspecified atom stereocenters. The van der Waals surface area contributed by atoms with E-state index in [0.717, 1.165) is 12.3 Å². The Morgan fingerprint density at radius 2 is 1.38 bits per heavy atom. The van der Waals surface area contributed by atoms with Crippen LogP contribution in [0, 0.1) is 52.8 Å². The van der Waals surface area contributed by atoms with Gasteiger partial charge in [0.25, 0.3) is 0 Å². The Morgan fingerprint density at radius 3 is 1.97 bits per heavy atom. The first-order valence-corrected chi connectivity index (χ1v) is 11.9. The van der Waals surface area contributed by atoms with Gasteiger partial charge in [0, 0.05) is 23.0 Å². The van der Waals surface area contributed by atoms with Crippen LogP contribution in [-0.2, 0) is 9.47 Å². The molecule has 5 rings (SSSR count). The van der Waals surface area contributed by atoms with E-state index in [4.69, 9.17) is 9.47 Å². The van der Waals surface area contributed by atoms with E-state index in [9.17, 15) is 22.0 Å². The van der Waals surface area contributed by atoms with Gasteiger partial charge in [-0.2, -0.15) is 0 Å². The molecule has 0 aromatic heterocycles. The maximum absolute atomic E-state index is 14.9. The van der Waals surface area contributed by atoms with Gasteiger partial charge in [-0.15, -0.1) is 0 Å². The quantitative estimate of drug-likeness (QED) is 0.340. The number of hydrogen-bond donors (Lipinski definition) is 0. The molecule has 2 aliphatic carbocycles. The lowest BCUT2D eigenvalue weighted by Crippen LogP contribution is -2.43. The van der Waals surface area contributed by atoms with Crippen molar-refractivity contribution in [3.8, 4) is 11.1 Å². The highest BCUT2D eigenvalue weighted by molar-refractivity contribution is 5.72. The van der Waals surface area contributed by atoms with E-state index in [1.807, 2.05) is 6.08 Å². The summed E-state index contributed by atoms with van der Waals surface area (Å²) >= 11 is 0. The molecule has 0 amide bonds. The second-order valence-corrected chi connectivity index (χ2v) is 9.94. The van der Waals surface area contributed by atoms with Crippen LogP contribution in [0.25, 0.3) is 16.7 Å². The summed E-state index contributed by atoms with van der Waals surface area (Å²) in [5.41, 5.74) is 0.200. The van der Waals surface area contributed by atoms with Crippen LogP contribution in [0.3, 0.4) is 0 Å².